The van der Waals surface area contributed by atoms with Crippen LogP contribution in [0.4, 0.5) is 0 Å². The highest BCUT2D eigenvalue weighted by Gasteiger charge is 2.31. The van der Waals surface area contributed by atoms with Gasteiger partial charge in [-0.15, -0.1) is 0 Å². The number of benzene rings is 1. The van der Waals surface area contributed by atoms with Crippen LogP contribution < -0.4 is 4.72 Å². The van der Waals surface area contributed by atoms with Crippen molar-refractivity contribution in [1.82, 2.24) is 9.62 Å². The van der Waals surface area contributed by atoms with Gasteiger partial charge in [0.1, 0.15) is 0 Å². The van der Waals surface area contributed by atoms with Gasteiger partial charge in [-0.2, -0.15) is 0 Å². The summed E-state index contributed by atoms with van der Waals surface area (Å²) in [6, 6.07) is 9.67. The standard InChI is InChI=1S/C15H22N2O3S/c1-16-21(19,20)12-14-8-5-11-17(14)15(18)10-9-13-6-3-2-4-7-13/h2-4,6-7,14,16H,5,8-12H2,1H3/t14-/m0/s1. The third kappa shape index (κ3) is 4.54. The van der Waals surface area contributed by atoms with E-state index in [1.165, 1.54) is 7.05 Å². The van der Waals surface area contributed by atoms with Gasteiger partial charge in [-0.1, -0.05) is 30.3 Å². The molecule has 21 heavy (non-hydrogen) atoms. The van der Waals surface area contributed by atoms with E-state index in [1.807, 2.05) is 30.3 Å². The minimum atomic E-state index is -3.28. The molecule has 1 aliphatic heterocycles. The fourth-order valence-electron chi connectivity index (χ4n) is 2.71. The topological polar surface area (TPSA) is 66.5 Å². The molecule has 0 saturated carbocycles. The van der Waals surface area contributed by atoms with Crippen LogP contribution in [0.3, 0.4) is 0 Å². The first kappa shape index (κ1) is 16.0. The summed E-state index contributed by atoms with van der Waals surface area (Å²) in [4.78, 5) is 14.0. The number of nitrogens with one attached hydrogen (secondary N) is 1. The van der Waals surface area contributed by atoms with Crippen LogP contribution in [0, 0.1) is 0 Å². The Hall–Kier alpha value is -1.40. The number of carbonyl (C=O) groups excluding carboxylic acids is 1. The molecule has 0 bridgehead atoms. The molecule has 1 fully saturated rings. The molecular formula is C15H22N2O3S. The summed E-state index contributed by atoms with van der Waals surface area (Å²) < 4.78 is 25.6. The van der Waals surface area contributed by atoms with Crippen LogP contribution in [0.1, 0.15) is 24.8 Å². The van der Waals surface area contributed by atoms with Crippen molar-refractivity contribution >= 4 is 15.9 Å². The van der Waals surface area contributed by atoms with Gasteiger partial charge in [-0.25, -0.2) is 13.1 Å². The maximum Gasteiger partial charge on any atom is 0.223 e. The molecule has 1 saturated heterocycles. The lowest BCUT2D eigenvalue weighted by atomic mass is 10.1. The summed E-state index contributed by atoms with van der Waals surface area (Å²) in [6.45, 7) is 0.664. The lowest BCUT2D eigenvalue weighted by Crippen LogP contribution is -2.41. The van der Waals surface area contributed by atoms with E-state index in [4.69, 9.17) is 0 Å². The lowest BCUT2D eigenvalue weighted by molar-refractivity contribution is -0.131. The zero-order chi connectivity index (χ0) is 15.3. The summed E-state index contributed by atoms with van der Waals surface area (Å²) >= 11 is 0. The second kappa shape index (κ2) is 7.04. The second-order valence-corrected chi connectivity index (χ2v) is 7.33. The predicted octanol–water partition coefficient (Wildman–Crippen LogP) is 1.16. The molecule has 1 N–H and O–H groups in total. The average Bonchev–Trinajstić information content (AvgIpc) is 2.93. The maximum absolute atomic E-state index is 12.3. The van der Waals surface area contributed by atoms with Crippen molar-refractivity contribution in [1.29, 1.82) is 0 Å². The Kier molecular flexibility index (Phi) is 5.36. The molecule has 6 heteroatoms. The predicted molar refractivity (Wildman–Crippen MR) is 82.3 cm³/mol. The van der Waals surface area contributed by atoms with Crippen molar-refractivity contribution in [2.75, 3.05) is 19.3 Å². The van der Waals surface area contributed by atoms with Crippen molar-refractivity contribution in [3.63, 3.8) is 0 Å². The van der Waals surface area contributed by atoms with Gasteiger partial charge in [0.25, 0.3) is 0 Å². The molecule has 1 heterocycles. The van der Waals surface area contributed by atoms with Gasteiger partial charge < -0.3 is 4.90 Å². The molecule has 0 radical (unpaired) electrons. The Morgan fingerprint density at radius 1 is 1.33 bits per heavy atom. The van der Waals surface area contributed by atoms with Crippen molar-refractivity contribution in [2.24, 2.45) is 0 Å². The minimum absolute atomic E-state index is 0.000572. The lowest BCUT2D eigenvalue weighted by Gasteiger charge is -2.24. The van der Waals surface area contributed by atoms with Crippen molar-refractivity contribution in [2.45, 2.75) is 31.7 Å². The fourth-order valence-corrected chi connectivity index (χ4v) is 3.73. The van der Waals surface area contributed by atoms with Gasteiger partial charge in [-0.05, 0) is 31.9 Å². The Bertz CT molecular complexity index is 572. The van der Waals surface area contributed by atoms with Crippen LogP contribution in [-0.4, -0.2) is 44.6 Å². The fraction of sp³-hybridized carbons (Fsp3) is 0.533. The van der Waals surface area contributed by atoms with Gasteiger partial charge in [0, 0.05) is 19.0 Å². The van der Waals surface area contributed by atoms with Crippen molar-refractivity contribution < 1.29 is 13.2 Å². The van der Waals surface area contributed by atoms with E-state index in [9.17, 15) is 13.2 Å². The second-order valence-electron chi connectivity index (χ2n) is 5.35. The highest BCUT2D eigenvalue weighted by molar-refractivity contribution is 7.89. The Labute approximate surface area is 126 Å². The van der Waals surface area contributed by atoms with Gasteiger partial charge >= 0.3 is 0 Å². The number of aryl methyl sites for hydroxylation is 1. The average molecular weight is 310 g/mol. The Balaban J connectivity index is 1.92. The van der Waals surface area contributed by atoms with Gasteiger partial charge in [0.05, 0.1) is 5.75 Å². The van der Waals surface area contributed by atoms with E-state index in [0.29, 0.717) is 19.4 Å². The number of sulfonamides is 1. The molecule has 1 atom stereocenters. The molecule has 1 amide bonds. The number of amides is 1. The quantitative estimate of drug-likeness (QED) is 0.857. The molecule has 1 aliphatic rings. The molecule has 1 aromatic carbocycles. The normalized spacial score (nSPS) is 18.9. The molecular weight excluding hydrogens is 288 g/mol. The van der Waals surface area contributed by atoms with Crippen LogP contribution in [0.15, 0.2) is 30.3 Å². The SMILES string of the molecule is CNS(=O)(=O)C[C@@H]1CCCN1C(=O)CCc1ccccc1. The third-order valence-electron chi connectivity index (χ3n) is 3.89. The summed E-state index contributed by atoms with van der Waals surface area (Å²) in [7, 11) is -1.87. The molecule has 1 aromatic rings. The van der Waals surface area contributed by atoms with E-state index in [2.05, 4.69) is 4.72 Å². The number of likely N-dealkylation sites (tertiary alicyclic amines) is 1. The third-order valence-corrected chi connectivity index (χ3v) is 5.34. The summed E-state index contributed by atoms with van der Waals surface area (Å²) in [5.41, 5.74) is 1.13. The Morgan fingerprint density at radius 3 is 2.71 bits per heavy atom. The van der Waals surface area contributed by atoms with E-state index >= 15 is 0 Å². The number of nitrogens with zero attached hydrogens (tertiary/aromatic N) is 1. The van der Waals surface area contributed by atoms with Crippen LogP contribution >= 0.6 is 0 Å². The molecule has 2 rings (SSSR count). The number of hydrogen-bond donors (Lipinski definition) is 1. The van der Waals surface area contributed by atoms with E-state index in [-0.39, 0.29) is 17.7 Å². The van der Waals surface area contributed by atoms with Crippen LogP contribution in [-0.2, 0) is 21.2 Å². The highest BCUT2D eigenvalue weighted by Crippen LogP contribution is 2.20. The minimum Gasteiger partial charge on any atom is -0.339 e. The zero-order valence-corrected chi connectivity index (χ0v) is 13.1. The summed E-state index contributed by atoms with van der Waals surface area (Å²) in [5, 5.41) is 0. The molecule has 0 aliphatic carbocycles. The molecule has 116 valence electrons. The van der Waals surface area contributed by atoms with E-state index < -0.39 is 10.0 Å². The van der Waals surface area contributed by atoms with Crippen LogP contribution in [0.5, 0.6) is 0 Å². The summed E-state index contributed by atoms with van der Waals surface area (Å²) in [6.07, 6.45) is 2.76. The molecule has 0 spiro atoms. The first-order chi connectivity index (χ1) is 10.0. The first-order valence-corrected chi connectivity index (χ1v) is 8.91. The van der Waals surface area contributed by atoms with Crippen LogP contribution in [0.2, 0.25) is 0 Å². The smallest absolute Gasteiger partial charge is 0.223 e. The van der Waals surface area contributed by atoms with Crippen molar-refractivity contribution in [3.05, 3.63) is 35.9 Å². The number of rotatable bonds is 6. The van der Waals surface area contributed by atoms with Crippen LogP contribution in [0.25, 0.3) is 0 Å². The zero-order valence-electron chi connectivity index (χ0n) is 12.3. The summed E-state index contributed by atoms with van der Waals surface area (Å²) in [5.74, 6) is 0.0493. The van der Waals surface area contributed by atoms with E-state index in [1.54, 1.807) is 4.90 Å². The first-order valence-electron chi connectivity index (χ1n) is 7.26. The highest BCUT2D eigenvalue weighted by atomic mass is 32.2. The van der Waals surface area contributed by atoms with Gasteiger partial charge in [0.2, 0.25) is 15.9 Å². The maximum atomic E-state index is 12.3. The number of hydrogen-bond acceptors (Lipinski definition) is 3. The monoisotopic (exact) mass is 310 g/mol. The number of carbonyl (C=O) groups is 1. The largest absolute Gasteiger partial charge is 0.339 e. The Morgan fingerprint density at radius 2 is 2.05 bits per heavy atom. The molecule has 0 unspecified atom stereocenters. The molecule has 0 aromatic heterocycles. The molecule has 5 nitrogen and oxygen atoms in total. The van der Waals surface area contributed by atoms with Gasteiger partial charge in [-0.3, -0.25) is 4.79 Å². The van der Waals surface area contributed by atoms with Gasteiger partial charge in [0.15, 0.2) is 0 Å². The van der Waals surface area contributed by atoms with Crippen molar-refractivity contribution in [3.8, 4) is 0 Å². The van der Waals surface area contributed by atoms with E-state index in [0.717, 1.165) is 18.4 Å².